The summed E-state index contributed by atoms with van der Waals surface area (Å²) in [7, 11) is 1.95. The highest BCUT2D eigenvalue weighted by atomic mass is 79.9. The molecular formula is C10H11BrN2S2. The molecule has 0 bridgehead atoms. The predicted molar refractivity (Wildman–Crippen MR) is 70.6 cm³/mol. The summed E-state index contributed by atoms with van der Waals surface area (Å²) < 4.78 is 1.15. The third kappa shape index (κ3) is 2.47. The van der Waals surface area contributed by atoms with Crippen molar-refractivity contribution in [1.82, 2.24) is 10.3 Å². The topological polar surface area (TPSA) is 24.9 Å². The quantitative estimate of drug-likeness (QED) is 0.930. The molecule has 1 N–H and O–H groups in total. The van der Waals surface area contributed by atoms with E-state index >= 15 is 0 Å². The summed E-state index contributed by atoms with van der Waals surface area (Å²) in [5.41, 5.74) is 1.08. The van der Waals surface area contributed by atoms with Gasteiger partial charge >= 0.3 is 0 Å². The van der Waals surface area contributed by atoms with Crippen molar-refractivity contribution in [3.63, 3.8) is 0 Å². The molecule has 0 aromatic carbocycles. The molecule has 0 aliphatic rings. The number of nitrogens with one attached hydrogen (secondary N) is 1. The van der Waals surface area contributed by atoms with Gasteiger partial charge < -0.3 is 5.32 Å². The van der Waals surface area contributed by atoms with E-state index in [1.165, 1.54) is 4.88 Å². The molecule has 0 fully saturated rings. The lowest BCUT2D eigenvalue weighted by Crippen LogP contribution is -2.11. The van der Waals surface area contributed by atoms with Crippen LogP contribution in [0.4, 0.5) is 0 Å². The molecule has 0 saturated heterocycles. The van der Waals surface area contributed by atoms with Crippen molar-refractivity contribution in [2.75, 3.05) is 7.05 Å². The second-order valence-electron chi connectivity index (χ2n) is 3.19. The number of halogens is 1. The van der Waals surface area contributed by atoms with Gasteiger partial charge in [-0.3, -0.25) is 0 Å². The molecule has 0 saturated carbocycles. The summed E-state index contributed by atoms with van der Waals surface area (Å²) >= 11 is 6.88. The van der Waals surface area contributed by atoms with E-state index in [0.29, 0.717) is 6.04 Å². The van der Waals surface area contributed by atoms with E-state index in [9.17, 15) is 0 Å². The third-order valence-corrected chi connectivity index (χ3v) is 4.82. The zero-order valence-corrected chi connectivity index (χ0v) is 11.7. The Balaban J connectivity index is 2.27. The molecule has 0 aliphatic heterocycles. The standard InChI is InChI=1S/C10H11BrN2S2/c1-6(12-2)10-13-7(5-14-10)8-3-4-9(11)15-8/h3-6,12H,1-2H3. The zero-order valence-electron chi connectivity index (χ0n) is 8.45. The molecule has 0 aliphatic carbocycles. The Labute approximate surface area is 106 Å². The predicted octanol–water partition coefficient (Wildman–Crippen LogP) is 3.91. The summed E-state index contributed by atoms with van der Waals surface area (Å²) in [6, 6.07) is 4.48. The largest absolute Gasteiger partial charge is 0.311 e. The van der Waals surface area contributed by atoms with E-state index in [2.05, 4.69) is 50.7 Å². The van der Waals surface area contributed by atoms with Crippen LogP contribution in [-0.2, 0) is 0 Å². The third-order valence-electron chi connectivity index (χ3n) is 2.15. The lowest BCUT2D eigenvalue weighted by atomic mass is 10.3. The van der Waals surface area contributed by atoms with E-state index in [1.54, 1.807) is 22.7 Å². The molecule has 2 heterocycles. The molecule has 1 unspecified atom stereocenters. The first kappa shape index (κ1) is 11.3. The molecule has 1 atom stereocenters. The van der Waals surface area contributed by atoms with E-state index in [4.69, 9.17) is 0 Å². The first-order chi connectivity index (χ1) is 7.20. The van der Waals surface area contributed by atoms with Crippen LogP contribution in [0.3, 0.4) is 0 Å². The van der Waals surface area contributed by atoms with Crippen molar-refractivity contribution in [2.45, 2.75) is 13.0 Å². The fraction of sp³-hybridized carbons (Fsp3) is 0.300. The second kappa shape index (κ2) is 4.74. The Morgan fingerprint density at radius 3 is 2.87 bits per heavy atom. The Hall–Kier alpha value is -0.230. The number of thiophene rings is 1. The van der Waals surface area contributed by atoms with Crippen LogP contribution in [0.1, 0.15) is 18.0 Å². The highest BCUT2D eigenvalue weighted by molar-refractivity contribution is 9.11. The summed E-state index contributed by atoms with van der Waals surface area (Å²) in [4.78, 5) is 5.83. The van der Waals surface area contributed by atoms with Crippen LogP contribution in [0.15, 0.2) is 21.3 Å². The maximum absolute atomic E-state index is 4.61. The highest BCUT2D eigenvalue weighted by Crippen LogP contribution is 2.32. The van der Waals surface area contributed by atoms with Gasteiger partial charge in [-0.15, -0.1) is 22.7 Å². The average molecular weight is 303 g/mol. The number of thiazole rings is 1. The zero-order chi connectivity index (χ0) is 10.8. The number of rotatable bonds is 3. The van der Waals surface area contributed by atoms with Gasteiger partial charge in [0.25, 0.3) is 0 Å². The molecule has 2 rings (SSSR count). The van der Waals surface area contributed by atoms with Crippen molar-refractivity contribution in [2.24, 2.45) is 0 Å². The van der Waals surface area contributed by atoms with Gasteiger partial charge in [-0.2, -0.15) is 0 Å². The Morgan fingerprint density at radius 2 is 2.27 bits per heavy atom. The normalized spacial score (nSPS) is 13.0. The first-order valence-corrected chi connectivity index (χ1v) is 7.08. The van der Waals surface area contributed by atoms with Gasteiger partial charge in [-0.25, -0.2) is 4.98 Å². The van der Waals surface area contributed by atoms with Gasteiger partial charge in [-0.1, -0.05) is 0 Å². The Kier molecular flexibility index (Phi) is 3.56. The van der Waals surface area contributed by atoms with Gasteiger partial charge in [-0.05, 0) is 42.0 Å². The SMILES string of the molecule is CNC(C)c1nc(-c2ccc(Br)s2)cs1. The molecular weight excluding hydrogens is 292 g/mol. The first-order valence-electron chi connectivity index (χ1n) is 4.59. The lowest BCUT2D eigenvalue weighted by molar-refractivity contribution is 0.648. The monoisotopic (exact) mass is 302 g/mol. The molecule has 0 spiro atoms. The van der Waals surface area contributed by atoms with Crippen molar-refractivity contribution in [3.8, 4) is 10.6 Å². The molecule has 80 valence electrons. The maximum atomic E-state index is 4.61. The van der Waals surface area contributed by atoms with Crippen LogP contribution in [-0.4, -0.2) is 12.0 Å². The van der Waals surface area contributed by atoms with Gasteiger partial charge in [0.1, 0.15) is 5.01 Å². The minimum Gasteiger partial charge on any atom is -0.311 e. The Bertz CT molecular complexity index is 450. The van der Waals surface area contributed by atoms with Crippen LogP contribution in [0, 0.1) is 0 Å². The molecule has 15 heavy (non-hydrogen) atoms. The van der Waals surface area contributed by atoms with E-state index < -0.39 is 0 Å². The number of aromatic nitrogens is 1. The molecule has 0 radical (unpaired) electrons. The lowest BCUT2D eigenvalue weighted by Gasteiger charge is -2.04. The minimum atomic E-state index is 0.326. The highest BCUT2D eigenvalue weighted by Gasteiger charge is 2.10. The van der Waals surface area contributed by atoms with Gasteiger partial charge in [0, 0.05) is 5.38 Å². The summed E-state index contributed by atoms with van der Waals surface area (Å²) in [5, 5.41) is 6.44. The van der Waals surface area contributed by atoms with Crippen molar-refractivity contribution in [3.05, 3.63) is 26.3 Å². The fourth-order valence-electron chi connectivity index (χ4n) is 1.18. The van der Waals surface area contributed by atoms with E-state index in [0.717, 1.165) is 14.5 Å². The van der Waals surface area contributed by atoms with Crippen LogP contribution in [0.25, 0.3) is 10.6 Å². The van der Waals surface area contributed by atoms with Gasteiger partial charge in [0.2, 0.25) is 0 Å². The van der Waals surface area contributed by atoms with Crippen LogP contribution in [0.5, 0.6) is 0 Å². The van der Waals surface area contributed by atoms with E-state index in [-0.39, 0.29) is 0 Å². The Morgan fingerprint density at radius 1 is 1.47 bits per heavy atom. The smallest absolute Gasteiger partial charge is 0.110 e. The van der Waals surface area contributed by atoms with E-state index in [1.807, 2.05) is 7.05 Å². The number of hydrogen-bond donors (Lipinski definition) is 1. The van der Waals surface area contributed by atoms with Crippen molar-refractivity contribution in [1.29, 1.82) is 0 Å². The van der Waals surface area contributed by atoms with Crippen LogP contribution < -0.4 is 5.32 Å². The van der Waals surface area contributed by atoms with Crippen molar-refractivity contribution < 1.29 is 0 Å². The van der Waals surface area contributed by atoms with Crippen LogP contribution >= 0.6 is 38.6 Å². The van der Waals surface area contributed by atoms with Gasteiger partial charge in [0.15, 0.2) is 0 Å². The minimum absolute atomic E-state index is 0.326. The molecule has 0 amide bonds. The molecule has 2 aromatic rings. The van der Waals surface area contributed by atoms with Gasteiger partial charge in [0.05, 0.1) is 20.4 Å². The second-order valence-corrected chi connectivity index (χ2v) is 6.54. The number of hydrogen-bond acceptors (Lipinski definition) is 4. The fourth-order valence-corrected chi connectivity index (χ4v) is 3.48. The average Bonchev–Trinajstić information content (AvgIpc) is 2.84. The number of nitrogens with zero attached hydrogens (tertiary/aromatic N) is 1. The van der Waals surface area contributed by atoms with Crippen molar-refractivity contribution >= 4 is 38.6 Å². The molecule has 2 nitrogen and oxygen atoms in total. The molecule has 2 aromatic heterocycles. The van der Waals surface area contributed by atoms with Crippen LogP contribution in [0.2, 0.25) is 0 Å². The molecule has 5 heteroatoms. The summed E-state index contributed by atoms with van der Waals surface area (Å²) in [6.07, 6.45) is 0. The maximum Gasteiger partial charge on any atom is 0.110 e. The summed E-state index contributed by atoms with van der Waals surface area (Å²) in [5.74, 6) is 0. The summed E-state index contributed by atoms with van der Waals surface area (Å²) in [6.45, 7) is 2.12.